The highest BCUT2D eigenvalue weighted by molar-refractivity contribution is 4.91. The van der Waals surface area contributed by atoms with Crippen LogP contribution in [0.3, 0.4) is 0 Å². The molecule has 0 amide bonds. The Morgan fingerprint density at radius 2 is 1.93 bits per heavy atom. The SMILES string of the molecule is N=NNC1C(O)OC(CO)C(O)C1O. The smallest absolute Gasteiger partial charge is 0.179 e. The fraction of sp³-hybridized carbons (Fsp3) is 1.00. The largest absolute Gasteiger partial charge is 0.394 e. The van der Waals surface area contributed by atoms with Crippen molar-refractivity contribution in [2.45, 2.75) is 30.6 Å². The van der Waals surface area contributed by atoms with Gasteiger partial charge in [0, 0.05) is 0 Å². The fourth-order valence-electron chi connectivity index (χ4n) is 1.31. The van der Waals surface area contributed by atoms with E-state index in [1.54, 1.807) is 0 Å². The monoisotopic (exact) mass is 207 g/mol. The highest BCUT2D eigenvalue weighted by atomic mass is 16.6. The van der Waals surface area contributed by atoms with Gasteiger partial charge in [0.25, 0.3) is 0 Å². The molecule has 0 aromatic carbocycles. The molecule has 1 aliphatic heterocycles. The van der Waals surface area contributed by atoms with Gasteiger partial charge in [-0.3, -0.25) is 5.43 Å². The third-order valence-electron chi connectivity index (χ3n) is 2.11. The summed E-state index contributed by atoms with van der Waals surface area (Å²) >= 11 is 0. The summed E-state index contributed by atoms with van der Waals surface area (Å²) in [4.78, 5) is 0. The van der Waals surface area contributed by atoms with Crippen molar-refractivity contribution < 1.29 is 25.2 Å². The van der Waals surface area contributed by atoms with Gasteiger partial charge < -0.3 is 25.2 Å². The number of aliphatic hydroxyl groups is 4. The first-order chi connectivity index (χ1) is 6.61. The minimum atomic E-state index is -1.43. The van der Waals surface area contributed by atoms with Gasteiger partial charge in [-0.15, -0.1) is 0 Å². The molecule has 1 fully saturated rings. The Morgan fingerprint density at radius 1 is 1.29 bits per heavy atom. The van der Waals surface area contributed by atoms with E-state index >= 15 is 0 Å². The predicted molar refractivity (Wildman–Crippen MR) is 42.1 cm³/mol. The van der Waals surface area contributed by atoms with Crippen molar-refractivity contribution in [1.29, 1.82) is 5.53 Å². The lowest BCUT2D eigenvalue weighted by molar-refractivity contribution is -0.254. The van der Waals surface area contributed by atoms with Gasteiger partial charge in [-0.1, -0.05) is 5.22 Å². The van der Waals surface area contributed by atoms with Crippen LogP contribution in [-0.2, 0) is 4.74 Å². The van der Waals surface area contributed by atoms with E-state index in [1.807, 2.05) is 0 Å². The standard InChI is InChI=1S/C6H13N3O5/c7-9-8-3-5(12)4(11)2(1-10)14-6(3)13/h2-6,10-13H,1H2,(H2,7,8). The first-order valence-corrected chi connectivity index (χ1v) is 4.04. The molecule has 0 aliphatic carbocycles. The number of aliphatic hydroxyl groups excluding tert-OH is 4. The summed E-state index contributed by atoms with van der Waals surface area (Å²) in [6.07, 6.45) is -5.16. The summed E-state index contributed by atoms with van der Waals surface area (Å²) in [5.74, 6) is 0. The first-order valence-electron chi connectivity index (χ1n) is 4.04. The molecular weight excluding hydrogens is 194 g/mol. The van der Waals surface area contributed by atoms with Crippen LogP contribution in [0, 0.1) is 5.53 Å². The maximum absolute atomic E-state index is 9.43. The van der Waals surface area contributed by atoms with Crippen molar-refractivity contribution in [2.24, 2.45) is 5.22 Å². The normalized spacial score (nSPS) is 43.3. The van der Waals surface area contributed by atoms with Crippen molar-refractivity contribution in [3.05, 3.63) is 0 Å². The molecule has 1 heterocycles. The molecule has 0 spiro atoms. The molecule has 14 heavy (non-hydrogen) atoms. The Morgan fingerprint density at radius 3 is 2.43 bits per heavy atom. The highest BCUT2D eigenvalue weighted by Crippen LogP contribution is 2.19. The van der Waals surface area contributed by atoms with Gasteiger partial charge in [0.05, 0.1) is 6.61 Å². The molecule has 0 aromatic heterocycles. The summed E-state index contributed by atoms with van der Waals surface area (Å²) in [7, 11) is 0. The van der Waals surface area contributed by atoms with Crippen molar-refractivity contribution in [1.82, 2.24) is 5.43 Å². The summed E-state index contributed by atoms with van der Waals surface area (Å²) in [5.41, 5.74) is 8.57. The Hall–Kier alpha value is -0.800. The van der Waals surface area contributed by atoms with E-state index in [0.717, 1.165) is 0 Å². The third kappa shape index (κ3) is 1.99. The molecule has 0 saturated carbocycles. The molecule has 8 heteroatoms. The molecule has 0 radical (unpaired) electrons. The molecule has 0 bridgehead atoms. The maximum atomic E-state index is 9.43. The lowest BCUT2D eigenvalue weighted by Gasteiger charge is -2.39. The Bertz CT molecular complexity index is 204. The Kier molecular flexibility index (Phi) is 3.72. The van der Waals surface area contributed by atoms with Gasteiger partial charge in [0.2, 0.25) is 0 Å². The van der Waals surface area contributed by atoms with Crippen molar-refractivity contribution >= 4 is 0 Å². The van der Waals surface area contributed by atoms with E-state index in [4.69, 9.17) is 15.4 Å². The zero-order valence-corrected chi connectivity index (χ0v) is 7.24. The summed E-state index contributed by atoms with van der Waals surface area (Å²) in [5, 5.41) is 39.6. The lowest BCUT2D eigenvalue weighted by Crippen LogP contribution is -2.62. The number of nitrogens with zero attached hydrogens (tertiary/aromatic N) is 1. The second-order valence-corrected chi connectivity index (χ2v) is 3.00. The number of hydrogen-bond acceptors (Lipinski definition) is 7. The van der Waals surface area contributed by atoms with Crippen LogP contribution in [0.2, 0.25) is 0 Å². The van der Waals surface area contributed by atoms with Gasteiger partial charge in [-0.05, 0) is 0 Å². The number of hydrogen-bond donors (Lipinski definition) is 6. The quantitative estimate of drug-likeness (QED) is 0.220. The van der Waals surface area contributed by atoms with Crippen molar-refractivity contribution in [2.75, 3.05) is 6.61 Å². The molecule has 5 atom stereocenters. The van der Waals surface area contributed by atoms with Crippen LogP contribution < -0.4 is 5.43 Å². The molecule has 5 unspecified atom stereocenters. The van der Waals surface area contributed by atoms with E-state index in [9.17, 15) is 15.3 Å². The molecule has 1 aliphatic rings. The number of rotatable bonds is 3. The number of nitrogens with one attached hydrogen (secondary N) is 2. The molecule has 1 saturated heterocycles. The van der Waals surface area contributed by atoms with Crippen LogP contribution in [0.25, 0.3) is 0 Å². The van der Waals surface area contributed by atoms with Gasteiger partial charge >= 0.3 is 0 Å². The van der Waals surface area contributed by atoms with Crippen molar-refractivity contribution in [3.8, 4) is 0 Å². The summed E-state index contributed by atoms with van der Waals surface area (Å²) in [6, 6.07) is -1.08. The zero-order valence-electron chi connectivity index (χ0n) is 7.24. The van der Waals surface area contributed by atoms with Gasteiger partial charge in [-0.25, -0.2) is 0 Å². The summed E-state index contributed by atoms with van der Waals surface area (Å²) < 4.78 is 4.77. The minimum absolute atomic E-state index is 0.514. The van der Waals surface area contributed by atoms with E-state index < -0.39 is 37.3 Å². The highest BCUT2D eigenvalue weighted by Gasteiger charge is 2.43. The molecular formula is C6H13N3O5. The van der Waals surface area contributed by atoms with Crippen LogP contribution in [0.4, 0.5) is 0 Å². The van der Waals surface area contributed by atoms with Gasteiger partial charge in [0.1, 0.15) is 24.4 Å². The third-order valence-corrected chi connectivity index (χ3v) is 2.11. The number of ether oxygens (including phenoxy) is 1. The van der Waals surface area contributed by atoms with Crippen molar-refractivity contribution in [3.63, 3.8) is 0 Å². The van der Waals surface area contributed by atoms with Gasteiger partial charge in [0.15, 0.2) is 6.29 Å². The second-order valence-electron chi connectivity index (χ2n) is 3.00. The topological polar surface area (TPSA) is 138 Å². The van der Waals surface area contributed by atoms with Crippen LogP contribution >= 0.6 is 0 Å². The van der Waals surface area contributed by atoms with Crippen LogP contribution in [-0.4, -0.2) is 57.7 Å². The van der Waals surface area contributed by atoms with Gasteiger partial charge in [-0.2, -0.15) is 5.53 Å². The van der Waals surface area contributed by atoms with Crippen LogP contribution in [0.1, 0.15) is 0 Å². The van der Waals surface area contributed by atoms with Crippen LogP contribution in [0.5, 0.6) is 0 Å². The molecule has 6 N–H and O–H groups in total. The van der Waals surface area contributed by atoms with E-state index in [-0.39, 0.29) is 0 Å². The molecule has 0 aromatic rings. The Labute approximate surface area is 79.6 Å². The zero-order chi connectivity index (χ0) is 10.7. The predicted octanol–water partition coefficient (Wildman–Crippen LogP) is -2.68. The average Bonchev–Trinajstić information content (AvgIpc) is 2.18. The first kappa shape index (κ1) is 11.3. The fourth-order valence-corrected chi connectivity index (χ4v) is 1.31. The minimum Gasteiger partial charge on any atom is -0.394 e. The summed E-state index contributed by atoms with van der Waals surface area (Å²) in [6.45, 7) is -0.514. The average molecular weight is 207 g/mol. The van der Waals surface area contributed by atoms with E-state index in [1.165, 1.54) is 0 Å². The van der Waals surface area contributed by atoms with E-state index in [0.29, 0.717) is 0 Å². The Balaban J connectivity index is 2.68. The van der Waals surface area contributed by atoms with E-state index in [2.05, 4.69) is 10.6 Å². The molecule has 1 rings (SSSR count). The van der Waals surface area contributed by atoms with Crippen LogP contribution in [0.15, 0.2) is 5.22 Å². The lowest BCUT2D eigenvalue weighted by atomic mass is 9.98. The second kappa shape index (κ2) is 4.62. The molecule has 82 valence electrons. The maximum Gasteiger partial charge on any atom is 0.179 e. The molecule has 8 nitrogen and oxygen atoms in total.